The van der Waals surface area contributed by atoms with Crippen molar-refractivity contribution >= 4 is 0 Å². The van der Waals surface area contributed by atoms with E-state index in [1.165, 1.54) is 64.7 Å². The van der Waals surface area contributed by atoms with Crippen LogP contribution in [0.2, 0.25) is 0 Å². The van der Waals surface area contributed by atoms with Crippen molar-refractivity contribution in [3.63, 3.8) is 0 Å². The van der Waals surface area contributed by atoms with Gasteiger partial charge in [-0.15, -0.1) is 0 Å². The van der Waals surface area contributed by atoms with Crippen LogP contribution < -0.4 is 5.32 Å². The summed E-state index contributed by atoms with van der Waals surface area (Å²) in [6, 6.07) is 0.888. The van der Waals surface area contributed by atoms with E-state index in [2.05, 4.69) is 17.1 Å². The minimum atomic E-state index is 0.888. The molecular formula is C13H26N2. The summed E-state index contributed by atoms with van der Waals surface area (Å²) in [7, 11) is 0. The van der Waals surface area contributed by atoms with Gasteiger partial charge in [0.1, 0.15) is 0 Å². The Balaban J connectivity index is 1.52. The molecule has 15 heavy (non-hydrogen) atoms. The highest BCUT2D eigenvalue weighted by molar-refractivity contribution is 4.84. The Kier molecular flexibility index (Phi) is 4.45. The van der Waals surface area contributed by atoms with Crippen LogP contribution in [0.3, 0.4) is 0 Å². The van der Waals surface area contributed by atoms with Crippen molar-refractivity contribution in [1.82, 2.24) is 10.2 Å². The van der Waals surface area contributed by atoms with Gasteiger partial charge in [-0.3, -0.25) is 0 Å². The Morgan fingerprint density at radius 3 is 2.80 bits per heavy atom. The molecule has 0 aromatic heterocycles. The second-order valence-electron chi connectivity index (χ2n) is 5.34. The van der Waals surface area contributed by atoms with E-state index < -0.39 is 0 Å². The van der Waals surface area contributed by atoms with Gasteiger partial charge >= 0.3 is 0 Å². The molecule has 88 valence electrons. The number of nitrogens with one attached hydrogen (secondary N) is 1. The molecule has 1 saturated carbocycles. The number of hydrogen-bond acceptors (Lipinski definition) is 2. The van der Waals surface area contributed by atoms with Crippen LogP contribution in [0.15, 0.2) is 0 Å². The molecule has 0 amide bonds. The minimum Gasteiger partial charge on any atom is -0.314 e. The predicted molar refractivity (Wildman–Crippen MR) is 65.1 cm³/mol. The number of likely N-dealkylation sites (tertiary alicyclic amines) is 1. The van der Waals surface area contributed by atoms with Crippen LogP contribution in [-0.2, 0) is 0 Å². The summed E-state index contributed by atoms with van der Waals surface area (Å²) in [6.07, 6.45) is 8.42. The second kappa shape index (κ2) is 5.86. The summed E-state index contributed by atoms with van der Waals surface area (Å²) in [6.45, 7) is 7.60. The van der Waals surface area contributed by atoms with Gasteiger partial charge in [0.2, 0.25) is 0 Å². The van der Waals surface area contributed by atoms with E-state index in [0.717, 1.165) is 12.0 Å². The zero-order valence-corrected chi connectivity index (χ0v) is 10.2. The number of nitrogens with zero attached hydrogens (tertiary/aromatic N) is 1. The van der Waals surface area contributed by atoms with Crippen LogP contribution >= 0.6 is 0 Å². The maximum absolute atomic E-state index is 3.66. The molecule has 1 aliphatic carbocycles. The van der Waals surface area contributed by atoms with Gasteiger partial charge < -0.3 is 10.2 Å². The lowest BCUT2D eigenvalue weighted by Crippen LogP contribution is -2.28. The van der Waals surface area contributed by atoms with Crippen molar-refractivity contribution in [2.45, 2.75) is 51.5 Å². The van der Waals surface area contributed by atoms with Gasteiger partial charge in [-0.2, -0.15) is 0 Å². The minimum absolute atomic E-state index is 0.888. The fourth-order valence-electron chi connectivity index (χ4n) is 2.49. The first kappa shape index (κ1) is 11.4. The van der Waals surface area contributed by atoms with Gasteiger partial charge in [0, 0.05) is 12.6 Å². The summed E-state index contributed by atoms with van der Waals surface area (Å²) in [4.78, 5) is 2.66. The lowest BCUT2D eigenvalue weighted by molar-refractivity contribution is 0.313. The normalized spacial score (nSPS) is 27.4. The van der Waals surface area contributed by atoms with E-state index in [4.69, 9.17) is 0 Å². The molecular weight excluding hydrogens is 184 g/mol. The van der Waals surface area contributed by atoms with Crippen LogP contribution in [0.1, 0.15) is 45.4 Å². The van der Waals surface area contributed by atoms with E-state index in [1.54, 1.807) is 0 Å². The van der Waals surface area contributed by atoms with Crippen molar-refractivity contribution in [3.05, 3.63) is 0 Å². The van der Waals surface area contributed by atoms with Gasteiger partial charge in [0.15, 0.2) is 0 Å². The molecule has 1 N–H and O–H groups in total. The van der Waals surface area contributed by atoms with Crippen molar-refractivity contribution < 1.29 is 0 Å². The van der Waals surface area contributed by atoms with Crippen LogP contribution in [0.4, 0.5) is 0 Å². The molecule has 0 radical (unpaired) electrons. The summed E-state index contributed by atoms with van der Waals surface area (Å²) in [5, 5.41) is 3.66. The molecule has 0 aromatic rings. The maximum atomic E-state index is 3.66. The van der Waals surface area contributed by atoms with E-state index in [1.807, 2.05) is 0 Å². The summed E-state index contributed by atoms with van der Waals surface area (Å²) in [5.74, 6) is 0.937. The summed E-state index contributed by atoms with van der Waals surface area (Å²) >= 11 is 0. The van der Waals surface area contributed by atoms with Gasteiger partial charge in [-0.1, -0.05) is 19.8 Å². The Morgan fingerprint density at radius 2 is 2.07 bits per heavy atom. The third-order valence-electron chi connectivity index (χ3n) is 3.72. The monoisotopic (exact) mass is 210 g/mol. The fraction of sp³-hybridized carbons (Fsp3) is 1.00. The Bertz CT molecular complexity index is 177. The quantitative estimate of drug-likeness (QED) is 0.648. The molecule has 1 saturated heterocycles. The summed E-state index contributed by atoms with van der Waals surface area (Å²) in [5.41, 5.74) is 0. The zero-order chi connectivity index (χ0) is 10.5. The van der Waals surface area contributed by atoms with Gasteiger partial charge in [0.25, 0.3) is 0 Å². The van der Waals surface area contributed by atoms with Crippen molar-refractivity contribution in [1.29, 1.82) is 0 Å². The van der Waals surface area contributed by atoms with Gasteiger partial charge in [-0.05, 0) is 51.2 Å². The number of unbranched alkanes of at least 4 members (excludes halogenated alkanes) is 2. The molecule has 0 spiro atoms. The smallest absolute Gasteiger partial charge is 0.00683 e. The molecule has 1 atom stereocenters. The SMILES string of the molecule is CCCCCN1CCC(CNC2CC2)C1. The molecule has 1 heterocycles. The molecule has 2 heteroatoms. The van der Waals surface area contributed by atoms with Crippen LogP contribution in [0.25, 0.3) is 0 Å². The first-order valence-electron chi connectivity index (χ1n) is 6.84. The molecule has 0 aromatic carbocycles. The standard InChI is InChI=1S/C13H26N2/c1-2-3-4-8-15-9-7-12(11-15)10-14-13-5-6-13/h12-14H,2-11H2,1H3. The molecule has 2 fully saturated rings. The molecule has 2 aliphatic rings. The fourth-order valence-corrected chi connectivity index (χ4v) is 2.49. The topological polar surface area (TPSA) is 15.3 Å². The largest absolute Gasteiger partial charge is 0.314 e. The number of rotatable bonds is 7. The van der Waals surface area contributed by atoms with Crippen LogP contribution in [-0.4, -0.2) is 37.1 Å². The molecule has 2 rings (SSSR count). The predicted octanol–water partition coefficient (Wildman–Crippen LogP) is 2.25. The van der Waals surface area contributed by atoms with Gasteiger partial charge in [0.05, 0.1) is 0 Å². The Morgan fingerprint density at radius 1 is 1.20 bits per heavy atom. The average Bonchev–Trinajstić information content (AvgIpc) is 2.97. The second-order valence-corrected chi connectivity index (χ2v) is 5.34. The Labute approximate surface area is 94.4 Å². The number of hydrogen-bond donors (Lipinski definition) is 1. The van der Waals surface area contributed by atoms with E-state index in [-0.39, 0.29) is 0 Å². The van der Waals surface area contributed by atoms with Crippen LogP contribution in [0.5, 0.6) is 0 Å². The summed E-state index contributed by atoms with van der Waals surface area (Å²) < 4.78 is 0. The highest BCUT2D eigenvalue weighted by atomic mass is 15.1. The average molecular weight is 210 g/mol. The third-order valence-corrected chi connectivity index (χ3v) is 3.72. The Hall–Kier alpha value is -0.0800. The van der Waals surface area contributed by atoms with Crippen molar-refractivity contribution in [2.24, 2.45) is 5.92 Å². The van der Waals surface area contributed by atoms with Gasteiger partial charge in [-0.25, -0.2) is 0 Å². The molecule has 2 nitrogen and oxygen atoms in total. The van der Waals surface area contributed by atoms with E-state index in [9.17, 15) is 0 Å². The molecule has 1 unspecified atom stereocenters. The zero-order valence-electron chi connectivity index (χ0n) is 10.2. The lowest BCUT2D eigenvalue weighted by atomic mass is 10.1. The van der Waals surface area contributed by atoms with E-state index >= 15 is 0 Å². The highest BCUT2D eigenvalue weighted by Crippen LogP contribution is 2.21. The van der Waals surface area contributed by atoms with Crippen molar-refractivity contribution in [2.75, 3.05) is 26.2 Å². The first-order valence-corrected chi connectivity index (χ1v) is 6.84. The molecule has 0 bridgehead atoms. The van der Waals surface area contributed by atoms with Crippen LogP contribution in [0, 0.1) is 5.92 Å². The maximum Gasteiger partial charge on any atom is 0.00683 e. The highest BCUT2D eigenvalue weighted by Gasteiger charge is 2.25. The van der Waals surface area contributed by atoms with E-state index in [0.29, 0.717) is 0 Å². The molecule has 1 aliphatic heterocycles. The third kappa shape index (κ3) is 4.12. The van der Waals surface area contributed by atoms with Crippen molar-refractivity contribution in [3.8, 4) is 0 Å². The lowest BCUT2D eigenvalue weighted by Gasteiger charge is -2.15. The first-order chi connectivity index (χ1) is 7.38.